The topological polar surface area (TPSA) is 40.6 Å². The molecule has 4 nitrogen and oxygen atoms in total. The third kappa shape index (κ3) is 4.51. The van der Waals surface area contributed by atoms with Gasteiger partial charge in [0.1, 0.15) is 19.0 Å². The fraction of sp³-hybridized carbons (Fsp3) is 0.190. The van der Waals surface area contributed by atoms with Crippen LogP contribution in [0.15, 0.2) is 66.9 Å². The first-order valence-electron chi connectivity index (χ1n) is 8.14. The van der Waals surface area contributed by atoms with E-state index < -0.39 is 0 Å². The summed E-state index contributed by atoms with van der Waals surface area (Å²) in [4.78, 5) is 4.31. The third-order valence-corrected chi connectivity index (χ3v) is 3.83. The third-order valence-electron chi connectivity index (χ3n) is 3.83. The highest BCUT2D eigenvalue weighted by Gasteiger charge is 2.10. The number of nitrogens with zero attached hydrogens (tertiary/aromatic N) is 1. The highest BCUT2D eigenvalue weighted by molar-refractivity contribution is 5.42. The van der Waals surface area contributed by atoms with Crippen molar-refractivity contribution < 1.29 is 14.2 Å². The summed E-state index contributed by atoms with van der Waals surface area (Å²) in [5, 5.41) is 0. The molecule has 0 spiro atoms. The van der Waals surface area contributed by atoms with Gasteiger partial charge in [-0.15, -0.1) is 0 Å². The van der Waals surface area contributed by atoms with Crippen molar-refractivity contribution in [3.63, 3.8) is 0 Å². The average Bonchev–Trinajstić information content (AvgIpc) is 2.67. The molecule has 0 bridgehead atoms. The number of aryl methyl sites for hydroxylation is 1. The van der Waals surface area contributed by atoms with Crippen LogP contribution in [0.25, 0.3) is 0 Å². The summed E-state index contributed by atoms with van der Waals surface area (Å²) in [6.45, 7) is 2.85. The van der Waals surface area contributed by atoms with E-state index in [0.717, 1.165) is 22.6 Å². The highest BCUT2D eigenvalue weighted by atomic mass is 16.5. The maximum absolute atomic E-state index is 5.97. The number of pyridine rings is 1. The van der Waals surface area contributed by atoms with Gasteiger partial charge in [0.05, 0.1) is 12.8 Å². The number of hydrogen-bond acceptors (Lipinski definition) is 4. The van der Waals surface area contributed by atoms with Crippen molar-refractivity contribution in [3.8, 4) is 17.2 Å². The molecule has 0 unspecified atom stereocenters. The fourth-order valence-electron chi connectivity index (χ4n) is 2.43. The van der Waals surface area contributed by atoms with Crippen molar-refractivity contribution in [2.75, 3.05) is 7.11 Å². The average molecular weight is 335 g/mol. The van der Waals surface area contributed by atoms with E-state index in [1.54, 1.807) is 13.3 Å². The van der Waals surface area contributed by atoms with Gasteiger partial charge < -0.3 is 14.2 Å². The first kappa shape index (κ1) is 16.8. The van der Waals surface area contributed by atoms with Crippen molar-refractivity contribution in [1.82, 2.24) is 4.98 Å². The van der Waals surface area contributed by atoms with Crippen LogP contribution < -0.4 is 14.2 Å². The van der Waals surface area contributed by atoms with E-state index in [-0.39, 0.29) is 0 Å². The summed E-state index contributed by atoms with van der Waals surface area (Å²) >= 11 is 0. The lowest BCUT2D eigenvalue weighted by atomic mass is 10.2. The lowest BCUT2D eigenvalue weighted by Gasteiger charge is -2.14. The molecule has 1 aromatic heterocycles. The maximum atomic E-state index is 5.97. The molecule has 0 aliphatic carbocycles. The molecule has 0 radical (unpaired) electrons. The van der Waals surface area contributed by atoms with Crippen LogP contribution >= 0.6 is 0 Å². The van der Waals surface area contributed by atoms with Crippen LogP contribution in [0.4, 0.5) is 0 Å². The van der Waals surface area contributed by atoms with Gasteiger partial charge in [0.25, 0.3) is 0 Å². The van der Waals surface area contributed by atoms with Crippen LogP contribution in [0.1, 0.15) is 16.8 Å². The molecule has 4 heteroatoms. The van der Waals surface area contributed by atoms with Crippen molar-refractivity contribution >= 4 is 0 Å². The molecule has 0 aliphatic rings. The fourth-order valence-corrected chi connectivity index (χ4v) is 2.43. The number of benzene rings is 2. The van der Waals surface area contributed by atoms with Gasteiger partial charge in [0.15, 0.2) is 11.5 Å². The maximum Gasteiger partial charge on any atom is 0.182 e. The van der Waals surface area contributed by atoms with Crippen LogP contribution in [0.5, 0.6) is 17.2 Å². The zero-order valence-corrected chi connectivity index (χ0v) is 14.4. The summed E-state index contributed by atoms with van der Waals surface area (Å²) in [6, 6.07) is 19.7. The molecule has 0 atom stereocenters. The van der Waals surface area contributed by atoms with Gasteiger partial charge in [-0.2, -0.15) is 0 Å². The highest BCUT2D eigenvalue weighted by Crippen LogP contribution is 2.30. The standard InChI is InChI=1S/C21H21NO3/c1-16-21(25-15-17-6-4-3-5-7-17)20(12-13-22-16)24-14-18-8-10-19(23-2)11-9-18/h3-13H,14-15H2,1-2H3. The number of rotatable bonds is 7. The van der Waals surface area contributed by atoms with Gasteiger partial charge in [-0.1, -0.05) is 42.5 Å². The minimum Gasteiger partial charge on any atom is -0.497 e. The summed E-state index contributed by atoms with van der Waals surface area (Å²) in [5.41, 5.74) is 2.97. The van der Waals surface area contributed by atoms with E-state index in [0.29, 0.717) is 24.7 Å². The Morgan fingerprint density at radius 1 is 0.800 bits per heavy atom. The van der Waals surface area contributed by atoms with Crippen LogP contribution in [0.3, 0.4) is 0 Å². The van der Waals surface area contributed by atoms with Gasteiger partial charge in [0.2, 0.25) is 0 Å². The SMILES string of the molecule is COc1ccc(COc2ccnc(C)c2OCc2ccccc2)cc1. The molecule has 0 amide bonds. The first-order valence-corrected chi connectivity index (χ1v) is 8.14. The van der Waals surface area contributed by atoms with E-state index in [1.165, 1.54) is 0 Å². The second kappa shape index (κ2) is 8.20. The van der Waals surface area contributed by atoms with Crippen LogP contribution in [0, 0.1) is 6.92 Å². The van der Waals surface area contributed by atoms with Crippen molar-refractivity contribution in [2.24, 2.45) is 0 Å². The minimum absolute atomic E-state index is 0.454. The Morgan fingerprint density at radius 2 is 1.48 bits per heavy atom. The van der Waals surface area contributed by atoms with E-state index in [9.17, 15) is 0 Å². The van der Waals surface area contributed by atoms with Crippen molar-refractivity contribution in [1.29, 1.82) is 0 Å². The number of hydrogen-bond donors (Lipinski definition) is 0. The monoisotopic (exact) mass is 335 g/mol. The second-order valence-electron chi connectivity index (χ2n) is 5.63. The molecule has 0 N–H and O–H groups in total. The molecule has 2 aromatic carbocycles. The van der Waals surface area contributed by atoms with Crippen LogP contribution in [0.2, 0.25) is 0 Å². The Hall–Kier alpha value is -3.01. The summed E-state index contributed by atoms with van der Waals surface area (Å²) in [5.74, 6) is 2.20. The molecule has 3 aromatic rings. The predicted molar refractivity (Wildman–Crippen MR) is 97.1 cm³/mol. The van der Waals surface area contributed by atoms with Gasteiger partial charge >= 0.3 is 0 Å². The van der Waals surface area contributed by atoms with Crippen molar-refractivity contribution in [2.45, 2.75) is 20.1 Å². The Bertz CT molecular complexity index is 801. The normalized spacial score (nSPS) is 10.3. The van der Waals surface area contributed by atoms with Gasteiger partial charge in [-0.3, -0.25) is 4.98 Å². The molecular weight excluding hydrogens is 314 g/mol. The molecular formula is C21H21NO3. The summed E-state index contributed by atoms with van der Waals surface area (Å²) in [7, 11) is 1.65. The second-order valence-corrected chi connectivity index (χ2v) is 5.63. The molecule has 25 heavy (non-hydrogen) atoms. The molecule has 0 saturated heterocycles. The zero-order valence-electron chi connectivity index (χ0n) is 14.4. The van der Waals surface area contributed by atoms with Crippen LogP contribution in [-0.4, -0.2) is 12.1 Å². The zero-order chi connectivity index (χ0) is 17.5. The molecule has 3 rings (SSSR count). The Balaban J connectivity index is 1.69. The molecule has 1 heterocycles. The molecule has 0 aliphatic heterocycles. The van der Waals surface area contributed by atoms with Crippen molar-refractivity contribution in [3.05, 3.63) is 83.7 Å². The molecule has 0 fully saturated rings. The summed E-state index contributed by atoms with van der Waals surface area (Å²) < 4.78 is 17.1. The molecule has 128 valence electrons. The largest absolute Gasteiger partial charge is 0.497 e. The van der Waals surface area contributed by atoms with E-state index in [2.05, 4.69) is 4.98 Å². The van der Waals surface area contributed by atoms with E-state index in [4.69, 9.17) is 14.2 Å². The van der Waals surface area contributed by atoms with Gasteiger partial charge in [0, 0.05) is 12.3 Å². The lowest BCUT2D eigenvalue weighted by molar-refractivity contribution is 0.253. The number of ether oxygens (including phenoxy) is 3. The van der Waals surface area contributed by atoms with Gasteiger partial charge in [-0.25, -0.2) is 0 Å². The van der Waals surface area contributed by atoms with Gasteiger partial charge in [-0.05, 0) is 30.2 Å². The molecule has 0 saturated carbocycles. The Morgan fingerprint density at radius 3 is 2.20 bits per heavy atom. The quantitative estimate of drug-likeness (QED) is 0.635. The minimum atomic E-state index is 0.454. The number of aromatic nitrogens is 1. The van der Waals surface area contributed by atoms with Crippen LogP contribution in [-0.2, 0) is 13.2 Å². The smallest absolute Gasteiger partial charge is 0.182 e. The lowest BCUT2D eigenvalue weighted by Crippen LogP contribution is -2.03. The Labute approximate surface area is 148 Å². The first-order chi connectivity index (χ1) is 12.3. The predicted octanol–water partition coefficient (Wildman–Crippen LogP) is 4.56. The Kier molecular flexibility index (Phi) is 5.52. The summed E-state index contributed by atoms with van der Waals surface area (Å²) in [6.07, 6.45) is 1.73. The number of methoxy groups -OCH3 is 1. The van der Waals surface area contributed by atoms with E-state index in [1.807, 2.05) is 67.6 Å². The van der Waals surface area contributed by atoms with E-state index >= 15 is 0 Å².